The third-order valence-electron chi connectivity index (χ3n) is 4.78. The molecule has 2 aromatic rings. The smallest absolute Gasteiger partial charge is 0.393 e. The lowest BCUT2D eigenvalue weighted by Crippen LogP contribution is -2.32. The van der Waals surface area contributed by atoms with Crippen LogP contribution in [-0.4, -0.2) is 29.8 Å². The van der Waals surface area contributed by atoms with E-state index in [-0.39, 0.29) is 19.4 Å². The van der Waals surface area contributed by atoms with Gasteiger partial charge in [0.15, 0.2) is 0 Å². The lowest BCUT2D eigenvalue weighted by atomic mass is 10.0. The maximum absolute atomic E-state index is 13.1. The maximum Gasteiger partial charge on any atom is 0.393 e. The molecule has 0 unspecified atom stereocenters. The molecule has 144 valence electrons. The Hall–Kier alpha value is -2.70. The van der Waals surface area contributed by atoms with E-state index < -0.39 is 24.1 Å². The second-order valence-corrected chi connectivity index (χ2v) is 6.74. The number of hydrogen-bond donors (Lipinski definition) is 1. The van der Waals surface area contributed by atoms with Gasteiger partial charge in [-0.15, -0.1) is 0 Å². The molecule has 2 aromatic carbocycles. The topological polar surface area (TPSA) is 49.8 Å². The van der Waals surface area contributed by atoms with Gasteiger partial charge in [0.05, 0.1) is 12.3 Å². The molecule has 4 nitrogen and oxygen atoms in total. The van der Waals surface area contributed by atoms with Crippen LogP contribution in [0.4, 0.5) is 18.9 Å². The number of nitrogens with zero attached hydrogens (tertiary/aromatic N) is 1. The number of carboxylic acids is 1. The van der Waals surface area contributed by atoms with Gasteiger partial charge in [-0.25, -0.2) is 0 Å². The minimum atomic E-state index is -4.33. The van der Waals surface area contributed by atoms with E-state index in [1.54, 1.807) is 24.3 Å². The fourth-order valence-corrected chi connectivity index (χ4v) is 3.37. The molecule has 0 bridgehead atoms. The summed E-state index contributed by atoms with van der Waals surface area (Å²) in [5.74, 6) is -1.36. The summed E-state index contributed by atoms with van der Waals surface area (Å²) in [6.45, 7) is 1.68. The Morgan fingerprint density at radius 3 is 2.44 bits per heavy atom. The number of rotatable bonds is 5. The Balaban J connectivity index is 1.77. The normalized spacial score (nSPS) is 19.9. The van der Waals surface area contributed by atoms with E-state index in [1.807, 2.05) is 31.2 Å². The fraction of sp³-hybridized carbons (Fsp3) is 0.350. The molecule has 1 heterocycles. The van der Waals surface area contributed by atoms with Crippen LogP contribution in [-0.2, 0) is 4.79 Å². The molecule has 3 rings (SSSR count). The highest BCUT2D eigenvalue weighted by Crippen LogP contribution is 2.40. The lowest BCUT2D eigenvalue weighted by Gasteiger charge is -2.26. The molecule has 7 heteroatoms. The van der Waals surface area contributed by atoms with Crippen molar-refractivity contribution >= 4 is 11.7 Å². The van der Waals surface area contributed by atoms with Gasteiger partial charge in [-0.2, -0.15) is 13.2 Å². The number of aliphatic carboxylic acids is 1. The molecule has 0 amide bonds. The van der Waals surface area contributed by atoms with Crippen molar-refractivity contribution in [2.24, 2.45) is 5.92 Å². The number of hydrogen-bond acceptors (Lipinski definition) is 3. The number of anilines is 1. The van der Waals surface area contributed by atoms with Crippen LogP contribution < -0.4 is 9.64 Å². The monoisotopic (exact) mass is 379 g/mol. The second kappa shape index (κ2) is 7.50. The van der Waals surface area contributed by atoms with Crippen molar-refractivity contribution in [2.45, 2.75) is 32.0 Å². The molecule has 0 saturated carbocycles. The summed E-state index contributed by atoms with van der Waals surface area (Å²) in [6.07, 6.45) is -4.87. The van der Waals surface area contributed by atoms with E-state index in [0.29, 0.717) is 17.2 Å². The first-order chi connectivity index (χ1) is 12.7. The highest BCUT2D eigenvalue weighted by atomic mass is 19.4. The highest BCUT2D eigenvalue weighted by Gasteiger charge is 2.47. The first-order valence-corrected chi connectivity index (χ1v) is 8.62. The SMILES string of the molecule is Cc1ccccc1Oc1ccc(N2C[C@@H](C(F)(F)F)C[C@H]2CC(=O)O)cc1. The zero-order valence-corrected chi connectivity index (χ0v) is 14.7. The summed E-state index contributed by atoms with van der Waals surface area (Å²) in [6, 6.07) is 13.5. The third kappa shape index (κ3) is 4.53. The summed E-state index contributed by atoms with van der Waals surface area (Å²) >= 11 is 0. The Morgan fingerprint density at radius 1 is 1.19 bits per heavy atom. The highest BCUT2D eigenvalue weighted by molar-refractivity contribution is 5.69. The Bertz CT molecular complexity index is 805. The number of para-hydroxylation sites is 1. The van der Waals surface area contributed by atoms with Gasteiger partial charge in [0.25, 0.3) is 0 Å². The van der Waals surface area contributed by atoms with Crippen molar-refractivity contribution in [1.29, 1.82) is 0 Å². The molecule has 0 radical (unpaired) electrons. The van der Waals surface area contributed by atoms with Gasteiger partial charge in [-0.1, -0.05) is 18.2 Å². The van der Waals surface area contributed by atoms with Gasteiger partial charge < -0.3 is 14.7 Å². The fourth-order valence-electron chi connectivity index (χ4n) is 3.37. The molecule has 27 heavy (non-hydrogen) atoms. The molecule has 2 atom stereocenters. The van der Waals surface area contributed by atoms with E-state index in [9.17, 15) is 18.0 Å². The van der Waals surface area contributed by atoms with E-state index in [2.05, 4.69) is 0 Å². The van der Waals surface area contributed by atoms with Crippen molar-refractivity contribution in [3.8, 4) is 11.5 Å². The van der Waals surface area contributed by atoms with Crippen molar-refractivity contribution in [3.05, 3.63) is 54.1 Å². The van der Waals surface area contributed by atoms with E-state index in [4.69, 9.17) is 9.84 Å². The summed E-state index contributed by atoms with van der Waals surface area (Å²) in [7, 11) is 0. The lowest BCUT2D eigenvalue weighted by molar-refractivity contribution is -0.169. The van der Waals surface area contributed by atoms with Crippen molar-refractivity contribution in [3.63, 3.8) is 0 Å². The Kier molecular flexibility index (Phi) is 5.30. The molecule has 1 saturated heterocycles. The van der Waals surface area contributed by atoms with E-state index in [0.717, 1.165) is 5.56 Å². The van der Waals surface area contributed by atoms with Crippen LogP contribution in [0.3, 0.4) is 0 Å². The Morgan fingerprint density at radius 2 is 1.85 bits per heavy atom. The third-order valence-corrected chi connectivity index (χ3v) is 4.78. The first-order valence-electron chi connectivity index (χ1n) is 8.62. The van der Waals surface area contributed by atoms with Crippen LogP contribution in [0.15, 0.2) is 48.5 Å². The van der Waals surface area contributed by atoms with Crippen LogP contribution in [0, 0.1) is 12.8 Å². The van der Waals surface area contributed by atoms with E-state index >= 15 is 0 Å². The van der Waals surface area contributed by atoms with Crippen LogP contribution >= 0.6 is 0 Å². The number of carboxylic acid groups (broad SMARTS) is 1. The van der Waals surface area contributed by atoms with Crippen LogP contribution in [0.25, 0.3) is 0 Å². The number of alkyl halides is 3. The maximum atomic E-state index is 13.1. The first kappa shape index (κ1) is 19.1. The molecular weight excluding hydrogens is 359 g/mol. The quantitative estimate of drug-likeness (QED) is 0.793. The molecular formula is C20H20F3NO3. The summed E-state index contributed by atoms with van der Waals surface area (Å²) in [4.78, 5) is 12.6. The molecule has 0 aliphatic carbocycles. The average Bonchev–Trinajstić information content (AvgIpc) is 3.01. The standard InChI is InChI=1S/C20H20F3NO3/c1-13-4-2-3-5-18(13)27-17-8-6-15(7-9-17)24-12-14(20(21,22)23)10-16(24)11-19(25)26/h2-9,14,16H,10-12H2,1H3,(H,25,26)/t14-,16-/m0/s1. The van der Waals surface area contributed by atoms with Gasteiger partial charge >= 0.3 is 12.1 Å². The molecule has 1 N–H and O–H groups in total. The van der Waals surface area contributed by atoms with Crippen LogP contribution in [0.5, 0.6) is 11.5 Å². The number of ether oxygens (including phenoxy) is 1. The van der Waals surface area contributed by atoms with Crippen molar-refractivity contribution in [1.82, 2.24) is 0 Å². The minimum absolute atomic E-state index is 0.211. The zero-order valence-electron chi connectivity index (χ0n) is 14.7. The Labute approximate surface area is 155 Å². The summed E-state index contributed by atoms with van der Waals surface area (Å²) in [5, 5.41) is 9.03. The minimum Gasteiger partial charge on any atom is -0.481 e. The number of benzene rings is 2. The molecule has 1 fully saturated rings. The largest absolute Gasteiger partial charge is 0.481 e. The number of aryl methyl sites for hydroxylation is 1. The van der Waals surface area contributed by atoms with E-state index in [1.165, 1.54) is 4.90 Å². The molecule has 0 spiro atoms. The van der Waals surface area contributed by atoms with Crippen molar-refractivity contribution < 1.29 is 27.8 Å². The van der Waals surface area contributed by atoms with Gasteiger partial charge in [0.1, 0.15) is 11.5 Å². The van der Waals surface area contributed by atoms with Gasteiger partial charge in [0.2, 0.25) is 0 Å². The molecule has 0 aromatic heterocycles. The molecule has 1 aliphatic heterocycles. The van der Waals surface area contributed by atoms with Crippen molar-refractivity contribution in [2.75, 3.05) is 11.4 Å². The van der Waals surface area contributed by atoms with Gasteiger partial charge in [0, 0.05) is 18.3 Å². The summed E-state index contributed by atoms with van der Waals surface area (Å²) in [5.41, 5.74) is 1.53. The van der Waals surface area contributed by atoms with Crippen LogP contribution in [0.1, 0.15) is 18.4 Å². The van der Waals surface area contributed by atoms with Gasteiger partial charge in [-0.3, -0.25) is 4.79 Å². The second-order valence-electron chi connectivity index (χ2n) is 6.74. The zero-order chi connectivity index (χ0) is 19.6. The average molecular weight is 379 g/mol. The number of halogens is 3. The van der Waals surface area contributed by atoms with Crippen LogP contribution in [0.2, 0.25) is 0 Å². The predicted molar refractivity (Wildman–Crippen MR) is 95.2 cm³/mol. The number of carbonyl (C=O) groups is 1. The molecule has 1 aliphatic rings. The van der Waals surface area contributed by atoms with Gasteiger partial charge in [-0.05, 0) is 49.2 Å². The predicted octanol–water partition coefficient (Wildman–Crippen LogP) is 5.02. The summed E-state index contributed by atoms with van der Waals surface area (Å²) < 4.78 is 45.1.